The molecule has 0 heterocycles. The van der Waals surface area contributed by atoms with Crippen molar-refractivity contribution in [1.29, 1.82) is 0 Å². The first-order chi connectivity index (χ1) is 1.91. The average molecular weight is 73.9 g/mol. The standard InChI is InChI=1S/C2H8BP/c3-1-2-4/h1-4H2. The summed E-state index contributed by atoms with van der Waals surface area (Å²) in [6, 6.07) is 0. The Morgan fingerprint density at radius 1 is 1.75 bits per heavy atom. The Bertz CT molecular complexity index is 8.00. The molecule has 0 bridgehead atoms. The maximum Gasteiger partial charge on any atom is 0.101 e. The quantitative estimate of drug-likeness (QED) is 0.301. The molecule has 0 rings (SSSR count). The van der Waals surface area contributed by atoms with E-state index in [9.17, 15) is 0 Å². The van der Waals surface area contributed by atoms with E-state index in [1.165, 1.54) is 12.5 Å². The fourth-order valence-corrected chi connectivity index (χ4v) is 0. The van der Waals surface area contributed by atoms with Gasteiger partial charge in [-0.2, -0.15) is 0 Å². The van der Waals surface area contributed by atoms with E-state index in [0.717, 1.165) is 0 Å². The van der Waals surface area contributed by atoms with Gasteiger partial charge in [0.25, 0.3) is 0 Å². The average Bonchev–Trinajstić information content (AvgIpc) is 1.37. The largest absolute Gasteiger partial charge is 0.138 e. The zero-order valence-electron chi connectivity index (χ0n) is 2.99. The molecule has 0 N–H and O–H groups in total. The predicted octanol–water partition coefficient (Wildman–Crippen LogP) is -0.0871. The fourth-order valence-electron chi connectivity index (χ4n) is 0. The van der Waals surface area contributed by atoms with Crippen LogP contribution in [0.5, 0.6) is 0 Å². The minimum Gasteiger partial charge on any atom is -0.138 e. The van der Waals surface area contributed by atoms with Crippen molar-refractivity contribution in [2.45, 2.75) is 6.32 Å². The van der Waals surface area contributed by atoms with Gasteiger partial charge < -0.3 is 0 Å². The van der Waals surface area contributed by atoms with E-state index in [4.69, 9.17) is 0 Å². The van der Waals surface area contributed by atoms with Gasteiger partial charge in [0.15, 0.2) is 0 Å². The molecule has 2 heteroatoms. The second-order valence-electron chi connectivity index (χ2n) is 0.789. The summed E-state index contributed by atoms with van der Waals surface area (Å²) < 4.78 is 0. The SMILES string of the molecule is BCCP. The topological polar surface area (TPSA) is 0 Å². The van der Waals surface area contributed by atoms with Crippen LogP contribution in [0.15, 0.2) is 0 Å². The summed E-state index contributed by atoms with van der Waals surface area (Å²) in [5.41, 5.74) is 0. The van der Waals surface area contributed by atoms with Gasteiger partial charge >= 0.3 is 0 Å². The molecule has 0 amide bonds. The van der Waals surface area contributed by atoms with Gasteiger partial charge in [-0.3, -0.25) is 0 Å². The third-order valence-corrected chi connectivity index (χ3v) is 0.866. The highest BCUT2D eigenvalue weighted by atomic mass is 31.0. The van der Waals surface area contributed by atoms with E-state index < -0.39 is 0 Å². The number of hydrogen-bond acceptors (Lipinski definition) is 0. The smallest absolute Gasteiger partial charge is 0.101 e. The molecule has 1 unspecified atom stereocenters. The molecule has 0 aliphatic carbocycles. The molecule has 0 aromatic rings. The molecule has 0 saturated carbocycles. The van der Waals surface area contributed by atoms with Crippen LogP contribution in [0.25, 0.3) is 0 Å². The Kier molecular flexibility index (Phi) is 3.93. The van der Waals surface area contributed by atoms with E-state index in [-0.39, 0.29) is 0 Å². The number of rotatable bonds is 1. The lowest BCUT2D eigenvalue weighted by Gasteiger charge is -1.67. The summed E-state index contributed by atoms with van der Waals surface area (Å²) in [5.74, 6) is 0. The first kappa shape index (κ1) is 4.49. The maximum absolute atomic E-state index is 2.66. The van der Waals surface area contributed by atoms with Crippen molar-refractivity contribution in [3.8, 4) is 0 Å². The Morgan fingerprint density at radius 3 is 2.00 bits per heavy atom. The van der Waals surface area contributed by atoms with Crippen molar-refractivity contribution in [2.75, 3.05) is 6.16 Å². The first-order valence-electron chi connectivity index (χ1n) is 1.62. The Hall–Kier alpha value is 0.495. The summed E-state index contributed by atoms with van der Waals surface area (Å²) >= 11 is 0. The summed E-state index contributed by atoms with van der Waals surface area (Å²) in [6.07, 6.45) is 2.52. The summed E-state index contributed by atoms with van der Waals surface area (Å²) in [5, 5.41) is 0. The second kappa shape index (κ2) is 3.49. The zero-order valence-corrected chi connectivity index (χ0v) is 4.15. The van der Waals surface area contributed by atoms with Crippen molar-refractivity contribution in [3.63, 3.8) is 0 Å². The monoisotopic (exact) mass is 74.0 g/mol. The van der Waals surface area contributed by atoms with Gasteiger partial charge in [-0.25, -0.2) is 0 Å². The zero-order chi connectivity index (χ0) is 3.41. The van der Waals surface area contributed by atoms with Gasteiger partial charge in [0, 0.05) is 0 Å². The summed E-state index contributed by atoms with van der Waals surface area (Å²) in [4.78, 5) is 0. The molecule has 0 aliphatic heterocycles. The molecule has 0 aromatic heterocycles. The molecule has 0 radical (unpaired) electrons. The van der Waals surface area contributed by atoms with E-state index >= 15 is 0 Å². The van der Waals surface area contributed by atoms with Crippen LogP contribution in [0, 0.1) is 0 Å². The van der Waals surface area contributed by atoms with Crippen LogP contribution in [-0.4, -0.2) is 14.0 Å². The molecule has 1 atom stereocenters. The van der Waals surface area contributed by atoms with Crippen LogP contribution >= 0.6 is 9.24 Å². The second-order valence-corrected chi connectivity index (χ2v) is 1.37. The van der Waals surface area contributed by atoms with Crippen LogP contribution in [-0.2, 0) is 0 Å². The molecular formula is C2H8BP. The third kappa shape index (κ3) is 2.49. The highest BCUT2D eigenvalue weighted by Gasteiger charge is 1.57. The Morgan fingerprint density at radius 2 is 2.00 bits per heavy atom. The molecule has 0 nitrogen and oxygen atoms in total. The third-order valence-electron chi connectivity index (χ3n) is 0.289. The molecule has 0 fully saturated rings. The van der Waals surface area contributed by atoms with Crippen molar-refractivity contribution in [1.82, 2.24) is 0 Å². The molecule has 0 spiro atoms. The molecule has 24 valence electrons. The lowest BCUT2D eigenvalue weighted by Crippen LogP contribution is -1.60. The molecule has 0 aromatic carbocycles. The van der Waals surface area contributed by atoms with Crippen LogP contribution < -0.4 is 0 Å². The Balaban J connectivity index is 1.97. The van der Waals surface area contributed by atoms with Crippen LogP contribution in [0.3, 0.4) is 0 Å². The first-order valence-corrected chi connectivity index (χ1v) is 2.43. The van der Waals surface area contributed by atoms with Gasteiger partial charge in [-0.1, -0.05) is 6.32 Å². The van der Waals surface area contributed by atoms with E-state index in [1.807, 2.05) is 0 Å². The normalized spacial score (nSPS) is 7.25. The van der Waals surface area contributed by atoms with Gasteiger partial charge in [0.2, 0.25) is 0 Å². The predicted molar refractivity (Wildman–Crippen MR) is 27.9 cm³/mol. The maximum atomic E-state index is 2.66. The highest BCUT2D eigenvalue weighted by Crippen LogP contribution is 1.78. The van der Waals surface area contributed by atoms with Gasteiger partial charge in [-0.15, -0.1) is 9.24 Å². The van der Waals surface area contributed by atoms with Crippen molar-refractivity contribution >= 4 is 17.1 Å². The lowest BCUT2D eigenvalue weighted by molar-refractivity contribution is 1.51. The molecular weight excluding hydrogens is 65.8 g/mol. The van der Waals surface area contributed by atoms with Gasteiger partial charge in [0.05, 0.1) is 0 Å². The molecule has 0 aliphatic rings. The molecule has 0 saturated heterocycles. The van der Waals surface area contributed by atoms with Crippen LogP contribution in [0.4, 0.5) is 0 Å². The van der Waals surface area contributed by atoms with E-state index in [0.29, 0.717) is 0 Å². The lowest BCUT2D eigenvalue weighted by atomic mass is 10.1. The highest BCUT2D eigenvalue weighted by molar-refractivity contribution is 7.16. The van der Waals surface area contributed by atoms with E-state index in [1.54, 1.807) is 0 Å². The minimum absolute atomic E-state index is 1.24. The Labute approximate surface area is 30.6 Å². The van der Waals surface area contributed by atoms with E-state index in [2.05, 4.69) is 17.1 Å². The molecule has 4 heavy (non-hydrogen) atoms. The van der Waals surface area contributed by atoms with Crippen molar-refractivity contribution < 1.29 is 0 Å². The van der Waals surface area contributed by atoms with Crippen molar-refractivity contribution in [3.05, 3.63) is 0 Å². The van der Waals surface area contributed by atoms with Crippen LogP contribution in [0.2, 0.25) is 6.32 Å². The van der Waals surface area contributed by atoms with Gasteiger partial charge in [-0.05, 0) is 6.16 Å². The minimum atomic E-state index is 1.24. The summed E-state index contributed by atoms with van der Waals surface area (Å²) in [6.45, 7) is 0. The number of hydrogen-bond donors (Lipinski definition) is 0. The van der Waals surface area contributed by atoms with Crippen LogP contribution in [0.1, 0.15) is 0 Å². The summed E-state index contributed by atoms with van der Waals surface area (Å²) in [7, 11) is 4.81. The van der Waals surface area contributed by atoms with Gasteiger partial charge in [0.1, 0.15) is 7.85 Å². The fraction of sp³-hybridized carbons (Fsp3) is 1.00. The van der Waals surface area contributed by atoms with Crippen molar-refractivity contribution in [2.24, 2.45) is 0 Å².